The summed E-state index contributed by atoms with van der Waals surface area (Å²) in [6.45, 7) is 0.360. The van der Waals surface area contributed by atoms with Crippen LogP contribution >= 0.6 is 10.7 Å². The molecule has 1 aromatic heterocycles. The third kappa shape index (κ3) is 3.01. The van der Waals surface area contributed by atoms with Crippen LogP contribution in [0.2, 0.25) is 0 Å². The Labute approximate surface area is 127 Å². The highest BCUT2D eigenvalue weighted by atomic mass is 35.7. The summed E-state index contributed by atoms with van der Waals surface area (Å²) in [7, 11) is 1.68. The van der Waals surface area contributed by atoms with Crippen LogP contribution in [0, 0.1) is 5.92 Å². The lowest BCUT2D eigenvalue weighted by Gasteiger charge is -2.18. The number of nitrogens with zero attached hydrogens (tertiary/aromatic N) is 2. The lowest BCUT2D eigenvalue weighted by molar-refractivity contribution is -0.117. The van der Waals surface area contributed by atoms with Crippen molar-refractivity contribution in [2.45, 2.75) is 6.42 Å². The van der Waals surface area contributed by atoms with Gasteiger partial charge in [0.25, 0.3) is 0 Å². The topological polar surface area (TPSA) is 67.3 Å². The minimum atomic E-state index is -3.60. The highest BCUT2D eigenvalue weighted by Gasteiger charge is 2.33. The minimum absolute atomic E-state index is 0.0864. The van der Waals surface area contributed by atoms with E-state index in [2.05, 4.69) is 4.98 Å². The average Bonchev–Trinajstić information content (AvgIpc) is 2.76. The van der Waals surface area contributed by atoms with Gasteiger partial charge in [-0.05, 0) is 12.1 Å². The third-order valence-electron chi connectivity index (χ3n) is 3.56. The van der Waals surface area contributed by atoms with E-state index in [0.717, 1.165) is 16.6 Å². The SMILES string of the molecule is O=C1CC(CS(=O)(=O)Cl)CN1c1ccnc2ccccc12. The summed E-state index contributed by atoms with van der Waals surface area (Å²) in [4.78, 5) is 18.1. The number of anilines is 1. The van der Waals surface area contributed by atoms with Crippen molar-refractivity contribution in [3.8, 4) is 0 Å². The molecule has 1 unspecified atom stereocenters. The number of aromatic nitrogens is 1. The maximum absolute atomic E-state index is 12.2. The average molecular weight is 325 g/mol. The van der Waals surface area contributed by atoms with E-state index in [0.29, 0.717) is 6.54 Å². The molecule has 1 atom stereocenters. The molecule has 5 nitrogen and oxygen atoms in total. The van der Waals surface area contributed by atoms with E-state index in [1.807, 2.05) is 24.3 Å². The van der Waals surface area contributed by atoms with Gasteiger partial charge >= 0.3 is 0 Å². The molecule has 21 heavy (non-hydrogen) atoms. The fourth-order valence-electron chi connectivity index (χ4n) is 2.72. The van der Waals surface area contributed by atoms with Crippen LogP contribution in [0.1, 0.15) is 6.42 Å². The number of halogens is 1. The Balaban J connectivity index is 1.95. The largest absolute Gasteiger partial charge is 0.311 e. The summed E-state index contributed by atoms with van der Waals surface area (Å²) in [5, 5.41) is 0.878. The van der Waals surface area contributed by atoms with E-state index in [1.54, 1.807) is 17.2 Å². The number of benzene rings is 1. The predicted molar refractivity (Wildman–Crippen MR) is 81.8 cm³/mol. The number of para-hydroxylation sites is 1. The number of hydrogen-bond donors (Lipinski definition) is 0. The van der Waals surface area contributed by atoms with Crippen molar-refractivity contribution in [1.82, 2.24) is 4.98 Å². The Morgan fingerprint density at radius 2 is 2.05 bits per heavy atom. The summed E-state index contributed by atoms with van der Waals surface area (Å²) < 4.78 is 22.4. The highest BCUT2D eigenvalue weighted by molar-refractivity contribution is 8.13. The van der Waals surface area contributed by atoms with Gasteiger partial charge in [0.1, 0.15) is 0 Å². The van der Waals surface area contributed by atoms with Crippen molar-refractivity contribution in [2.24, 2.45) is 5.92 Å². The molecule has 1 fully saturated rings. The predicted octanol–water partition coefficient (Wildman–Crippen LogP) is 2.16. The molecule has 0 aliphatic carbocycles. The molecule has 0 radical (unpaired) electrons. The van der Waals surface area contributed by atoms with Crippen LogP contribution in [-0.4, -0.2) is 31.6 Å². The fourth-order valence-corrected chi connectivity index (χ4v) is 4.04. The molecule has 110 valence electrons. The van der Waals surface area contributed by atoms with Crippen molar-refractivity contribution >= 4 is 42.2 Å². The van der Waals surface area contributed by atoms with Crippen LogP contribution in [0.4, 0.5) is 5.69 Å². The quantitative estimate of drug-likeness (QED) is 0.811. The number of rotatable bonds is 3. The van der Waals surface area contributed by atoms with Crippen LogP contribution in [0.5, 0.6) is 0 Å². The first kappa shape index (κ1) is 14.3. The summed E-state index contributed by atoms with van der Waals surface area (Å²) >= 11 is 0. The van der Waals surface area contributed by atoms with Gasteiger partial charge < -0.3 is 4.90 Å². The molecule has 0 saturated carbocycles. The summed E-state index contributed by atoms with van der Waals surface area (Å²) in [6.07, 6.45) is 1.85. The Morgan fingerprint density at radius 3 is 2.81 bits per heavy atom. The van der Waals surface area contributed by atoms with Gasteiger partial charge in [-0.1, -0.05) is 18.2 Å². The smallest absolute Gasteiger partial charge is 0.232 e. The van der Waals surface area contributed by atoms with Gasteiger partial charge in [0.2, 0.25) is 15.0 Å². The molecular formula is C14H13ClN2O3S. The Bertz CT molecular complexity index is 801. The molecular weight excluding hydrogens is 312 g/mol. The second-order valence-electron chi connectivity index (χ2n) is 5.13. The van der Waals surface area contributed by atoms with E-state index >= 15 is 0 Å². The summed E-state index contributed by atoms with van der Waals surface area (Å²) in [6, 6.07) is 9.32. The number of carbonyl (C=O) groups is 1. The van der Waals surface area contributed by atoms with Crippen LogP contribution in [0.15, 0.2) is 36.5 Å². The van der Waals surface area contributed by atoms with Gasteiger partial charge in [-0.25, -0.2) is 8.42 Å². The van der Waals surface area contributed by atoms with Crippen molar-refractivity contribution in [3.05, 3.63) is 36.5 Å². The summed E-state index contributed by atoms with van der Waals surface area (Å²) in [5.74, 6) is -0.539. The molecule has 1 amide bonds. The molecule has 7 heteroatoms. The van der Waals surface area contributed by atoms with E-state index in [9.17, 15) is 13.2 Å². The van der Waals surface area contributed by atoms with Crippen LogP contribution < -0.4 is 4.90 Å². The first-order chi connectivity index (χ1) is 9.94. The summed E-state index contributed by atoms with van der Waals surface area (Å²) in [5.41, 5.74) is 1.57. The first-order valence-electron chi connectivity index (χ1n) is 6.50. The zero-order valence-corrected chi connectivity index (χ0v) is 12.6. The van der Waals surface area contributed by atoms with Crippen LogP contribution in [0.3, 0.4) is 0 Å². The van der Waals surface area contributed by atoms with Crippen molar-refractivity contribution < 1.29 is 13.2 Å². The zero-order chi connectivity index (χ0) is 15.0. The monoisotopic (exact) mass is 324 g/mol. The fraction of sp³-hybridized carbons (Fsp3) is 0.286. The zero-order valence-electron chi connectivity index (χ0n) is 11.1. The maximum atomic E-state index is 12.2. The highest BCUT2D eigenvalue weighted by Crippen LogP contribution is 2.31. The van der Waals surface area contributed by atoms with E-state index in [1.165, 1.54) is 0 Å². The Kier molecular flexibility index (Phi) is 3.59. The van der Waals surface area contributed by atoms with Crippen molar-refractivity contribution in [3.63, 3.8) is 0 Å². The molecule has 1 aliphatic rings. The molecule has 2 aromatic rings. The van der Waals surface area contributed by atoms with Crippen LogP contribution in [0.25, 0.3) is 10.9 Å². The van der Waals surface area contributed by atoms with Gasteiger partial charge in [-0.15, -0.1) is 0 Å². The number of carbonyl (C=O) groups excluding carboxylic acids is 1. The number of pyridine rings is 1. The Hall–Kier alpha value is -1.66. The van der Waals surface area contributed by atoms with Crippen molar-refractivity contribution in [1.29, 1.82) is 0 Å². The molecule has 0 N–H and O–H groups in total. The maximum Gasteiger partial charge on any atom is 0.232 e. The molecule has 0 spiro atoms. The number of fused-ring (bicyclic) bond motifs is 1. The van der Waals surface area contributed by atoms with Gasteiger partial charge in [-0.2, -0.15) is 0 Å². The Morgan fingerprint density at radius 1 is 1.29 bits per heavy atom. The number of hydrogen-bond acceptors (Lipinski definition) is 4. The first-order valence-corrected chi connectivity index (χ1v) is 8.98. The molecule has 1 saturated heterocycles. The van der Waals surface area contributed by atoms with Gasteiger partial charge in [-0.3, -0.25) is 9.78 Å². The molecule has 2 heterocycles. The second-order valence-corrected chi connectivity index (χ2v) is 7.95. The van der Waals surface area contributed by atoms with Gasteiger partial charge in [0.15, 0.2) is 0 Å². The van der Waals surface area contributed by atoms with Crippen molar-refractivity contribution in [2.75, 3.05) is 17.2 Å². The van der Waals surface area contributed by atoms with Gasteiger partial charge in [0.05, 0.1) is 17.0 Å². The minimum Gasteiger partial charge on any atom is -0.311 e. The van der Waals surface area contributed by atoms with E-state index in [-0.39, 0.29) is 24.0 Å². The van der Waals surface area contributed by atoms with Crippen LogP contribution in [-0.2, 0) is 13.8 Å². The van der Waals surface area contributed by atoms with Gasteiger partial charge in [0, 0.05) is 41.1 Å². The molecule has 1 aromatic carbocycles. The lowest BCUT2D eigenvalue weighted by atomic mass is 10.1. The standard InChI is InChI=1S/C14H13ClN2O3S/c15-21(19,20)9-10-7-14(18)17(8-10)13-5-6-16-12-4-2-1-3-11(12)13/h1-6,10H,7-9H2. The number of amides is 1. The molecule has 3 rings (SSSR count). The lowest BCUT2D eigenvalue weighted by Crippen LogP contribution is -2.25. The van der Waals surface area contributed by atoms with E-state index in [4.69, 9.17) is 10.7 Å². The molecule has 1 aliphatic heterocycles. The van der Waals surface area contributed by atoms with E-state index < -0.39 is 9.05 Å². The normalized spacial score (nSPS) is 19.4. The second kappa shape index (κ2) is 5.27. The third-order valence-corrected chi connectivity index (χ3v) is 4.80. The molecule has 0 bridgehead atoms.